The molecule has 0 bridgehead atoms. The monoisotopic (exact) mass is 301 g/mol. The van der Waals surface area contributed by atoms with E-state index >= 15 is 0 Å². The minimum absolute atomic E-state index is 0. The first-order valence-corrected chi connectivity index (χ1v) is 7.50. The van der Waals surface area contributed by atoms with E-state index in [0.717, 1.165) is 18.8 Å². The fraction of sp³-hybridized carbons (Fsp3) is 0.600. The molecule has 4 heteroatoms. The van der Waals surface area contributed by atoms with E-state index in [4.69, 9.17) is 23.2 Å². The molecule has 0 atom stereocenters. The third-order valence-corrected chi connectivity index (χ3v) is 5.28. The van der Waals surface area contributed by atoms with Crippen molar-refractivity contribution >= 4 is 28.9 Å². The van der Waals surface area contributed by atoms with E-state index in [1.807, 2.05) is 12.1 Å². The molecule has 0 unspecified atom stereocenters. The lowest BCUT2D eigenvalue weighted by molar-refractivity contribution is -0.917. The summed E-state index contributed by atoms with van der Waals surface area (Å²) in [6, 6.07) is 5.91. The van der Waals surface area contributed by atoms with Crippen LogP contribution in [0, 0.1) is 0 Å². The van der Waals surface area contributed by atoms with E-state index in [9.17, 15) is 0 Å². The largest absolute Gasteiger partial charge is 0.359 e. The zero-order valence-electron chi connectivity index (χ0n) is 10.5. The van der Waals surface area contributed by atoms with Crippen LogP contribution in [0.3, 0.4) is 0 Å². The number of benzene rings is 1. The highest BCUT2D eigenvalue weighted by Crippen LogP contribution is 2.34. The first-order chi connectivity index (χ1) is 8.70. The fourth-order valence-electron chi connectivity index (χ4n) is 3.32. The number of halogens is 2. The second-order valence-corrected chi connectivity index (χ2v) is 6.29. The number of quaternary nitrogens is 1. The van der Waals surface area contributed by atoms with Gasteiger partial charge in [-0.3, -0.25) is 0 Å². The SMILES string of the molecule is C.Clc1cccc(N2CC[N+]3(CCCC3)CC2)c1Cl. The van der Waals surface area contributed by atoms with E-state index in [0.29, 0.717) is 10.0 Å². The number of hydrogen-bond donors (Lipinski definition) is 0. The Morgan fingerprint density at radius 3 is 2.21 bits per heavy atom. The van der Waals surface area contributed by atoms with Crippen LogP contribution in [0.25, 0.3) is 0 Å². The average molecular weight is 302 g/mol. The Balaban J connectivity index is 0.00000133. The topological polar surface area (TPSA) is 3.24 Å². The van der Waals surface area contributed by atoms with E-state index < -0.39 is 0 Å². The Kier molecular flexibility index (Phi) is 4.65. The quantitative estimate of drug-likeness (QED) is 0.707. The second-order valence-electron chi connectivity index (χ2n) is 5.50. The molecule has 2 saturated heterocycles. The molecule has 1 aromatic rings. The van der Waals surface area contributed by atoms with Gasteiger partial charge in [0.25, 0.3) is 0 Å². The molecule has 2 aliphatic heterocycles. The molecule has 0 aromatic heterocycles. The van der Waals surface area contributed by atoms with Crippen molar-refractivity contribution in [3.63, 3.8) is 0 Å². The van der Waals surface area contributed by atoms with Gasteiger partial charge in [-0.2, -0.15) is 0 Å². The third-order valence-electron chi connectivity index (χ3n) is 4.48. The number of piperazine rings is 1. The van der Waals surface area contributed by atoms with Gasteiger partial charge in [-0.15, -0.1) is 0 Å². The summed E-state index contributed by atoms with van der Waals surface area (Å²) in [4.78, 5) is 2.38. The molecule has 19 heavy (non-hydrogen) atoms. The van der Waals surface area contributed by atoms with Crippen molar-refractivity contribution in [1.82, 2.24) is 0 Å². The van der Waals surface area contributed by atoms with Gasteiger partial charge in [0.05, 0.1) is 55.0 Å². The first-order valence-electron chi connectivity index (χ1n) is 6.74. The number of anilines is 1. The first kappa shape index (κ1) is 15.0. The summed E-state index contributed by atoms with van der Waals surface area (Å²) in [5.41, 5.74) is 1.10. The number of hydrogen-bond acceptors (Lipinski definition) is 1. The van der Waals surface area contributed by atoms with E-state index in [2.05, 4.69) is 11.0 Å². The fourth-order valence-corrected chi connectivity index (χ4v) is 3.74. The van der Waals surface area contributed by atoms with Crippen LogP contribution in [-0.2, 0) is 0 Å². The molecule has 2 aliphatic rings. The van der Waals surface area contributed by atoms with Crippen LogP contribution < -0.4 is 4.90 Å². The van der Waals surface area contributed by atoms with Crippen molar-refractivity contribution in [2.75, 3.05) is 44.2 Å². The summed E-state index contributed by atoms with van der Waals surface area (Å²) in [7, 11) is 0. The lowest BCUT2D eigenvalue weighted by atomic mass is 10.2. The van der Waals surface area contributed by atoms with Crippen molar-refractivity contribution in [2.24, 2.45) is 0 Å². The Labute approximate surface area is 126 Å². The molecule has 0 amide bonds. The smallest absolute Gasteiger partial charge is 0.0965 e. The van der Waals surface area contributed by atoms with Crippen LogP contribution in [0.2, 0.25) is 10.0 Å². The summed E-state index contributed by atoms with van der Waals surface area (Å²) < 4.78 is 1.33. The maximum absolute atomic E-state index is 6.30. The highest BCUT2D eigenvalue weighted by atomic mass is 35.5. The van der Waals surface area contributed by atoms with E-state index in [1.54, 1.807) is 0 Å². The van der Waals surface area contributed by atoms with Gasteiger partial charge in [0.15, 0.2) is 0 Å². The Morgan fingerprint density at radius 2 is 1.58 bits per heavy atom. The van der Waals surface area contributed by atoms with Crippen LogP contribution in [0.15, 0.2) is 18.2 Å². The highest BCUT2D eigenvalue weighted by molar-refractivity contribution is 6.43. The molecule has 106 valence electrons. The van der Waals surface area contributed by atoms with Crippen LogP contribution in [0.4, 0.5) is 5.69 Å². The molecule has 1 aromatic carbocycles. The zero-order chi connectivity index (χ0) is 12.6. The Bertz CT molecular complexity index is 432. The van der Waals surface area contributed by atoms with Crippen molar-refractivity contribution < 1.29 is 4.48 Å². The van der Waals surface area contributed by atoms with Gasteiger partial charge in [0, 0.05) is 12.8 Å². The molecule has 3 rings (SSSR count). The molecule has 2 fully saturated rings. The predicted octanol–water partition coefficient (Wildman–Crippen LogP) is 4.06. The summed E-state index contributed by atoms with van der Waals surface area (Å²) >= 11 is 12.4. The number of nitrogens with zero attached hydrogens (tertiary/aromatic N) is 2. The molecule has 0 radical (unpaired) electrons. The molecular weight excluding hydrogens is 279 g/mol. The van der Waals surface area contributed by atoms with Crippen molar-refractivity contribution in [2.45, 2.75) is 20.3 Å². The van der Waals surface area contributed by atoms with E-state index in [-0.39, 0.29) is 7.43 Å². The molecule has 0 saturated carbocycles. The highest BCUT2D eigenvalue weighted by Gasteiger charge is 2.36. The van der Waals surface area contributed by atoms with Gasteiger partial charge in [0.2, 0.25) is 0 Å². The van der Waals surface area contributed by atoms with Gasteiger partial charge in [-0.05, 0) is 12.1 Å². The van der Waals surface area contributed by atoms with Gasteiger partial charge in [-0.25, -0.2) is 0 Å². The van der Waals surface area contributed by atoms with Crippen LogP contribution in [0.5, 0.6) is 0 Å². The summed E-state index contributed by atoms with van der Waals surface area (Å²) in [6.45, 7) is 7.44. The lowest BCUT2D eigenvalue weighted by Gasteiger charge is -2.43. The molecule has 2 nitrogen and oxygen atoms in total. The average Bonchev–Trinajstić information content (AvgIpc) is 2.83. The van der Waals surface area contributed by atoms with Gasteiger partial charge in [0.1, 0.15) is 0 Å². The maximum Gasteiger partial charge on any atom is 0.0965 e. The molecule has 0 N–H and O–H groups in total. The summed E-state index contributed by atoms with van der Waals surface area (Å²) in [6.07, 6.45) is 2.80. The molecule has 2 heterocycles. The van der Waals surface area contributed by atoms with Crippen molar-refractivity contribution in [1.29, 1.82) is 0 Å². The van der Waals surface area contributed by atoms with Crippen LogP contribution >= 0.6 is 23.2 Å². The Hall–Kier alpha value is -0.440. The lowest BCUT2D eigenvalue weighted by Crippen LogP contribution is -2.58. The third kappa shape index (κ3) is 2.86. The minimum atomic E-state index is 0. The second kappa shape index (κ2) is 5.90. The van der Waals surface area contributed by atoms with Crippen molar-refractivity contribution in [3.05, 3.63) is 28.2 Å². The zero-order valence-corrected chi connectivity index (χ0v) is 12.1. The van der Waals surface area contributed by atoms with Gasteiger partial charge >= 0.3 is 0 Å². The van der Waals surface area contributed by atoms with E-state index in [1.165, 1.54) is 43.5 Å². The molecule has 0 aliphatic carbocycles. The van der Waals surface area contributed by atoms with Gasteiger partial charge < -0.3 is 9.38 Å². The standard InChI is InChI=1S/C14H19Cl2N2.CH4/c15-12-4-3-5-13(14(12)16)17-6-10-18(11-7-17)8-1-2-9-18;/h3-5H,1-2,6-11H2;1H4/q+1;. The summed E-state index contributed by atoms with van der Waals surface area (Å²) in [5.74, 6) is 0. The minimum Gasteiger partial charge on any atom is -0.359 e. The Morgan fingerprint density at radius 1 is 0.947 bits per heavy atom. The number of rotatable bonds is 1. The van der Waals surface area contributed by atoms with Gasteiger partial charge in [-0.1, -0.05) is 36.7 Å². The predicted molar refractivity (Wildman–Crippen MR) is 84.4 cm³/mol. The normalized spacial score (nSPS) is 21.5. The maximum atomic E-state index is 6.30. The summed E-state index contributed by atoms with van der Waals surface area (Å²) in [5, 5.41) is 1.36. The molecular formula is C15H23Cl2N2+. The van der Waals surface area contributed by atoms with Crippen molar-refractivity contribution in [3.8, 4) is 0 Å². The molecule has 1 spiro atoms. The van der Waals surface area contributed by atoms with Crippen LogP contribution in [0.1, 0.15) is 20.3 Å². The van der Waals surface area contributed by atoms with Crippen LogP contribution in [-0.4, -0.2) is 43.8 Å².